The molecule has 0 saturated heterocycles. The van der Waals surface area contributed by atoms with Crippen molar-refractivity contribution >= 4 is 18.2 Å². The van der Waals surface area contributed by atoms with Crippen LogP contribution in [-0.4, -0.2) is 35.5 Å². The zero-order valence-electron chi connectivity index (χ0n) is 16.8. The number of carboxylic acid groups (broad SMARTS) is 2. The molecule has 158 valence electrons. The van der Waals surface area contributed by atoms with Crippen LogP contribution in [0.3, 0.4) is 0 Å². The van der Waals surface area contributed by atoms with E-state index in [9.17, 15) is 9.59 Å². The normalized spacial score (nSPS) is 10.7. The summed E-state index contributed by atoms with van der Waals surface area (Å²) in [5, 5.41) is 17.9. The maximum absolute atomic E-state index is 10.9. The lowest BCUT2D eigenvalue weighted by Gasteiger charge is -2.11. The SMILES string of the molecule is COc1cc(C=NCc2ccc(C(=O)O)cc2)ccc1OCc1ccc(C(=O)O)cc1. The molecule has 0 unspecified atom stereocenters. The van der Waals surface area contributed by atoms with Gasteiger partial charge in [-0.2, -0.15) is 0 Å². The Hall–Kier alpha value is -4.13. The molecule has 0 fully saturated rings. The fourth-order valence-corrected chi connectivity index (χ4v) is 2.80. The third-order valence-corrected chi connectivity index (χ3v) is 4.50. The summed E-state index contributed by atoms with van der Waals surface area (Å²) in [7, 11) is 1.55. The van der Waals surface area contributed by atoms with Crippen LogP contribution in [0.5, 0.6) is 11.5 Å². The van der Waals surface area contributed by atoms with E-state index < -0.39 is 11.9 Å². The van der Waals surface area contributed by atoms with Gasteiger partial charge >= 0.3 is 11.9 Å². The molecule has 0 aliphatic carbocycles. The average molecular weight is 419 g/mol. The van der Waals surface area contributed by atoms with Gasteiger partial charge in [-0.1, -0.05) is 24.3 Å². The summed E-state index contributed by atoms with van der Waals surface area (Å²) >= 11 is 0. The molecule has 3 rings (SSSR count). The summed E-state index contributed by atoms with van der Waals surface area (Å²) < 4.78 is 11.2. The van der Waals surface area contributed by atoms with E-state index >= 15 is 0 Å². The molecule has 0 bridgehead atoms. The Bertz CT molecular complexity index is 1090. The van der Waals surface area contributed by atoms with Crippen molar-refractivity contribution < 1.29 is 29.3 Å². The average Bonchev–Trinajstić information content (AvgIpc) is 2.78. The largest absolute Gasteiger partial charge is 0.493 e. The van der Waals surface area contributed by atoms with Gasteiger partial charge in [-0.05, 0) is 59.2 Å². The van der Waals surface area contributed by atoms with E-state index in [2.05, 4.69) is 4.99 Å². The molecule has 0 aromatic heterocycles. The molecule has 3 aromatic rings. The van der Waals surface area contributed by atoms with Crippen LogP contribution in [0.2, 0.25) is 0 Å². The molecule has 0 atom stereocenters. The number of carboxylic acids is 2. The van der Waals surface area contributed by atoms with Gasteiger partial charge in [0.25, 0.3) is 0 Å². The third-order valence-electron chi connectivity index (χ3n) is 4.50. The molecular weight excluding hydrogens is 398 g/mol. The number of hydrogen-bond acceptors (Lipinski definition) is 5. The summed E-state index contributed by atoms with van der Waals surface area (Å²) in [5.41, 5.74) is 3.04. The van der Waals surface area contributed by atoms with E-state index in [0.717, 1.165) is 16.7 Å². The van der Waals surface area contributed by atoms with Gasteiger partial charge < -0.3 is 19.7 Å². The van der Waals surface area contributed by atoms with Crippen LogP contribution >= 0.6 is 0 Å². The summed E-state index contributed by atoms with van der Waals surface area (Å²) in [4.78, 5) is 26.2. The molecule has 0 amide bonds. The van der Waals surface area contributed by atoms with Crippen LogP contribution in [0.4, 0.5) is 0 Å². The smallest absolute Gasteiger partial charge is 0.335 e. The zero-order valence-corrected chi connectivity index (χ0v) is 16.8. The van der Waals surface area contributed by atoms with Gasteiger partial charge in [-0.25, -0.2) is 9.59 Å². The molecule has 3 aromatic carbocycles. The van der Waals surface area contributed by atoms with E-state index in [1.54, 1.807) is 61.9 Å². The molecule has 7 heteroatoms. The Balaban J connectivity index is 1.61. The standard InChI is InChI=1S/C24H21NO6/c1-30-22-12-18(14-25-13-16-2-7-19(8-3-16)23(26)27)6-11-21(22)31-15-17-4-9-20(10-5-17)24(28)29/h2-12,14H,13,15H2,1H3,(H,26,27)(H,28,29). The lowest BCUT2D eigenvalue weighted by molar-refractivity contribution is 0.0686. The second kappa shape index (κ2) is 10.1. The molecule has 0 spiro atoms. The summed E-state index contributed by atoms with van der Waals surface area (Å²) in [6, 6.07) is 18.5. The quantitative estimate of drug-likeness (QED) is 0.501. The van der Waals surface area contributed by atoms with E-state index in [0.29, 0.717) is 18.0 Å². The second-order valence-corrected chi connectivity index (χ2v) is 6.67. The highest BCUT2D eigenvalue weighted by Gasteiger charge is 2.07. The predicted octanol–water partition coefficient (Wildman–Crippen LogP) is 4.29. The molecule has 0 aliphatic heterocycles. The third kappa shape index (κ3) is 5.93. The maximum Gasteiger partial charge on any atom is 0.335 e. The molecule has 0 heterocycles. The fourth-order valence-electron chi connectivity index (χ4n) is 2.80. The Kier molecular flexibility index (Phi) is 7.01. The van der Waals surface area contributed by atoms with Gasteiger partial charge in [-0.15, -0.1) is 0 Å². The Morgan fingerprint density at radius 2 is 1.42 bits per heavy atom. The van der Waals surface area contributed by atoms with Crippen LogP contribution in [0, 0.1) is 0 Å². The summed E-state index contributed by atoms with van der Waals surface area (Å²) in [6.07, 6.45) is 1.71. The van der Waals surface area contributed by atoms with Crippen molar-refractivity contribution in [1.29, 1.82) is 0 Å². The van der Waals surface area contributed by atoms with Crippen molar-refractivity contribution in [2.45, 2.75) is 13.2 Å². The van der Waals surface area contributed by atoms with Gasteiger partial charge in [0.1, 0.15) is 6.61 Å². The minimum Gasteiger partial charge on any atom is -0.493 e. The molecule has 31 heavy (non-hydrogen) atoms. The monoisotopic (exact) mass is 419 g/mol. The number of aliphatic imine (C=N–C) groups is 1. The van der Waals surface area contributed by atoms with Gasteiger partial charge in [0.2, 0.25) is 0 Å². The molecule has 7 nitrogen and oxygen atoms in total. The Morgan fingerprint density at radius 3 is 1.97 bits per heavy atom. The lowest BCUT2D eigenvalue weighted by atomic mass is 10.1. The predicted molar refractivity (Wildman–Crippen MR) is 115 cm³/mol. The van der Waals surface area contributed by atoms with E-state index in [-0.39, 0.29) is 17.7 Å². The van der Waals surface area contributed by atoms with Crippen LogP contribution < -0.4 is 9.47 Å². The molecule has 2 N–H and O–H groups in total. The summed E-state index contributed by atoms with van der Waals surface area (Å²) in [5.74, 6) is -0.812. The van der Waals surface area contributed by atoms with Crippen LogP contribution in [0.1, 0.15) is 37.4 Å². The van der Waals surface area contributed by atoms with Gasteiger partial charge in [0.15, 0.2) is 11.5 Å². The molecular formula is C24H21NO6. The highest BCUT2D eigenvalue weighted by molar-refractivity contribution is 5.88. The number of hydrogen-bond donors (Lipinski definition) is 2. The number of nitrogens with zero attached hydrogens (tertiary/aromatic N) is 1. The van der Waals surface area contributed by atoms with Gasteiger partial charge in [0, 0.05) is 6.21 Å². The van der Waals surface area contributed by atoms with Gasteiger partial charge in [0.05, 0.1) is 24.8 Å². The highest BCUT2D eigenvalue weighted by atomic mass is 16.5. The fraction of sp³-hybridized carbons (Fsp3) is 0.125. The Morgan fingerprint density at radius 1 is 0.839 bits per heavy atom. The Labute approximate surface area is 179 Å². The van der Waals surface area contributed by atoms with Crippen LogP contribution in [0.15, 0.2) is 71.7 Å². The number of rotatable bonds is 9. The number of carbonyl (C=O) groups is 2. The molecule has 0 radical (unpaired) electrons. The number of aromatic carboxylic acids is 2. The van der Waals surface area contributed by atoms with Crippen molar-refractivity contribution in [3.05, 3.63) is 94.5 Å². The van der Waals surface area contributed by atoms with Gasteiger partial charge in [-0.3, -0.25) is 4.99 Å². The van der Waals surface area contributed by atoms with E-state index in [4.69, 9.17) is 19.7 Å². The first kappa shape index (κ1) is 21.6. The zero-order chi connectivity index (χ0) is 22.2. The van der Waals surface area contributed by atoms with E-state index in [1.807, 2.05) is 6.07 Å². The minimum absolute atomic E-state index is 0.225. The number of methoxy groups -OCH3 is 1. The molecule has 0 saturated carbocycles. The highest BCUT2D eigenvalue weighted by Crippen LogP contribution is 2.28. The first-order valence-electron chi connectivity index (χ1n) is 9.41. The van der Waals surface area contributed by atoms with Crippen LogP contribution in [0.25, 0.3) is 0 Å². The van der Waals surface area contributed by atoms with Crippen molar-refractivity contribution in [3.8, 4) is 11.5 Å². The summed E-state index contributed by atoms with van der Waals surface area (Å²) in [6.45, 7) is 0.697. The topological polar surface area (TPSA) is 105 Å². The van der Waals surface area contributed by atoms with Crippen LogP contribution in [-0.2, 0) is 13.2 Å². The first-order chi connectivity index (χ1) is 15.0. The van der Waals surface area contributed by atoms with Crippen molar-refractivity contribution in [3.63, 3.8) is 0 Å². The first-order valence-corrected chi connectivity index (χ1v) is 9.41. The number of benzene rings is 3. The molecule has 0 aliphatic rings. The van der Waals surface area contributed by atoms with Crippen molar-refractivity contribution in [1.82, 2.24) is 0 Å². The second-order valence-electron chi connectivity index (χ2n) is 6.67. The lowest BCUT2D eigenvalue weighted by Crippen LogP contribution is -2.00. The number of ether oxygens (including phenoxy) is 2. The van der Waals surface area contributed by atoms with Crippen molar-refractivity contribution in [2.24, 2.45) is 4.99 Å². The van der Waals surface area contributed by atoms with Crippen molar-refractivity contribution in [2.75, 3.05) is 7.11 Å². The minimum atomic E-state index is -0.969. The van der Waals surface area contributed by atoms with E-state index in [1.165, 1.54) is 12.1 Å². The maximum atomic E-state index is 10.9.